The van der Waals surface area contributed by atoms with E-state index in [0.717, 1.165) is 0 Å². The van der Waals surface area contributed by atoms with E-state index in [4.69, 9.17) is 0 Å². The lowest BCUT2D eigenvalue weighted by Crippen LogP contribution is -2.53. The topological polar surface area (TPSA) is 69.6 Å². The fraction of sp³-hybridized carbons (Fsp3) is 0.833. The molecule has 1 fully saturated rings. The number of likely N-dealkylation sites (tertiary alicyclic amines) is 1. The molecule has 116 valence electrons. The number of halogens is 3. The summed E-state index contributed by atoms with van der Waals surface area (Å²) in [6.07, 6.45) is -5.53. The average Bonchev–Trinajstić information content (AvgIpc) is 2.57. The highest BCUT2D eigenvalue weighted by Crippen LogP contribution is 2.24. The number of hydrogen-bond acceptors (Lipinski definition) is 3. The maximum absolute atomic E-state index is 12.3. The number of aliphatic hydroxyl groups excluding tert-OH is 1. The van der Waals surface area contributed by atoms with Crippen molar-refractivity contribution in [2.75, 3.05) is 13.1 Å². The zero-order valence-corrected chi connectivity index (χ0v) is 11.6. The molecular formula is C12H19F3N2O3. The zero-order chi connectivity index (χ0) is 15.7. The molecule has 1 heterocycles. The molecule has 2 atom stereocenters. The Morgan fingerprint density at radius 2 is 2.05 bits per heavy atom. The quantitative estimate of drug-likeness (QED) is 0.801. The van der Waals surface area contributed by atoms with Gasteiger partial charge in [-0.25, -0.2) is 0 Å². The second kappa shape index (κ2) is 5.59. The van der Waals surface area contributed by atoms with Crippen molar-refractivity contribution in [2.24, 2.45) is 5.92 Å². The number of hydrogen-bond donors (Lipinski definition) is 2. The number of alkyl halides is 3. The zero-order valence-electron chi connectivity index (χ0n) is 11.6. The summed E-state index contributed by atoms with van der Waals surface area (Å²) in [5.41, 5.74) is -0.905. The molecule has 1 aliphatic heterocycles. The van der Waals surface area contributed by atoms with Crippen LogP contribution in [-0.2, 0) is 9.59 Å². The number of aliphatic hydroxyl groups is 1. The Labute approximate surface area is 115 Å². The third kappa shape index (κ3) is 4.36. The van der Waals surface area contributed by atoms with Gasteiger partial charge in [-0.3, -0.25) is 9.59 Å². The Kier molecular flexibility index (Phi) is 4.68. The van der Waals surface area contributed by atoms with Gasteiger partial charge >= 0.3 is 6.18 Å². The Balaban J connectivity index is 2.63. The van der Waals surface area contributed by atoms with Crippen molar-refractivity contribution in [2.45, 2.75) is 45.0 Å². The molecular weight excluding hydrogens is 277 g/mol. The predicted molar refractivity (Wildman–Crippen MR) is 64.6 cm³/mol. The summed E-state index contributed by atoms with van der Waals surface area (Å²) in [6.45, 7) is 3.10. The van der Waals surface area contributed by atoms with Crippen molar-refractivity contribution in [1.82, 2.24) is 10.2 Å². The molecule has 2 amide bonds. The molecule has 2 N–H and O–H groups in total. The van der Waals surface area contributed by atoms with Crippen LogP contribution in [-0.4, -0.2) is 52.7 Å². The van der Waals surface area contributed by atoms with Crippen molar-refractivity contribution in [1.29, 1.82) is 0 Å². The van der Waals surface area contributed by atoms with E-state index in [-0.39, 0.29) is 13.0 Å². The number of carbonyl (C=O) groups excluding carboxylic acids is 2. The molecule has 2 unspecified atom stereocenters. The van der Waals surface area contributed by atoms with Gasteiger partial charge in [0.05, 0.1) is 17.6 Å². The fourth-order valence-electron chi connectivity index (χ4n) is 1.84. The molecule has 0 saturated carbocycles. The van der Waals surface area contributed by atoms with Crippen LogP contribution in [0.2, 0.25) is 0 Å². The van der Waals surface area contributed by atoms with Gasteiger partial charge in [0.25, 0.3) is 0 Å². The predicted octanol–water partition coefficient (Wildman–Crippen LogP) is 0.673. The molecule has 20 heavy (non-hydrogen) atoms. The van der Waals surface area contributed by atoms with Gasteiger partial charge in [-0.15, -0.1) is 0 Å². The van der Waals surface area contributed by atoms with Crippen molar-refractivity contribution >= 4 is 11.8 Å². The molecule has 0 bridgehead atoms. The Bertz CT molecular complexity index is 394. The van der Waals surface area contributed by atoms with Crippen molar-refractivity contribution in [3.05, 3.63) is 0 Å². The first-order valence-corrected chi connectivity index (χ1v) is 6.27. The van der Waals surface area contributed by atoms with E-state index in [1.54, 1.807) is 13.8 Å². The minimum absolute atomic E-state index is 0.238. The van der Waals surface area contributed by atoms with E-state index >= 15 is 0 Å². The largest absolute Gasteiger partial charge is 0.406 e. The normalized spacial score (nSPS) is 22.1. The summed E-state index contributed by atoms with van der Waals surface area (Å²) in [6, 6.07) is 0. The highest BCUT2D eigenvalue weighted by atomic mass is 19.4. The third-order valence-electron chi connectivity index (χ3n) is 3.45. The van der Waals surface area contributed by atoms with E-state index in [1.165, 1.54) is 6.92 Å². The monoisotopic (exact) mass is 296 g/mol. The van der Waals surface area contributed by atoms with Gasteiger partial charge in [0.2, 0.25) is 11.8 Å². The molecule has 1 rings (SSSR count). The average molecular weight is 296 g/mol. The molecule has 0 aromatic heterocycles. The molecule has 8 heteroatoms. The van der Waals surface area contributed by atoms with Crippen LogP contribution >= 0.6 is 0 Å². The second-order valence-corrected chi connectivity index (χ2v) is 5.68. The first-order chi connectivity index (χ1) is 8.92. The molecule has 1 saturated heterocycles. The molecule has 5 nitrogen and oxygen atoms in total. The van der Waals surface area contributed by atoms with Gasteiger partial charge in [-0.2, -0.15) is 13.2 Å². The van der Waals surface area contributed by atoms with Crippen LogP contribution in [0.15, 0.2) is 0 Å². The lowest BCUT2D eigenvalue weighted by molar-refractivity contribution is -0.157. The van der Waals surface area contributed by atoms with Crippen LogP contribution in [0.25, 0.3) is 0 Å². The highest BCUT2D eigenvalue weighted by molar-refractivity contribution is 5.89. The maximum atomic E-state index is 12.3. The number of nitrogens with zero attached hydrogens (tertiary/aromatic N) is 1. The number of carbonyl (C=O) groups is 2. The number of nitrogens with one attached hydrogen (secondary N) is 1. The summed E-state index contributed by atoms with van der Waals surface area (Å²) in [5, 5.41) is 12.0. The van der Waals surface area contributed by atoms with Crippen LogP contribution in [0.1, 0.15) is 27.2 Å². The minimum Gasteiger partial charge on any atom is -0.391 e. The SMILES string of the molecule is CC(O)C(C)(C)NC(=O)C1CC(=O)N(CC(F)(F)F)C1. The van der Waals surface area contributed by atoms with Crippen LogP contribution < -0.4 is 5.32 Å². The van der Waals surface area contributed by atoms with Crippen molar-refractivity contribution < 1.29 is 27.9 Å². The van der Waals surface area contributed by atoms with Crippen molar-refractivity contribution in [3.63, 3.8) is 0 Å². The smallest absolute Gasteiger partial charge is 0.391 e. The number of amides is 2. The van der Waals surface area contributed by atoms with Crippen LogP contribution in [0.4, 0.5) is 13.2 Å². The van der Waals surface area contributed by atoms with E-state index in [2.05, 4.69) is 5.32 Å². The molecule has 1 aliphatic rings. The summed E-state index contributed by atoms with van der Waals surface area (Å²) >= 11 is 0. The van der Waals surface area contributed by atoms with Gasteiger partial charge in [-0.1, -0.05) is 0 Å². The molecule has 0 aromatic rings. The van der Waals surface area contributed by atoms with Crippen LogP contribution in [0, 0.1) is 5.92 Å². The Hall–Kier alpha value is -1.31. The summed E-state index contributed by atoms with van der Waals surface area (Å²) in [7, 11) is 0. The van der Waals surface area contributed by atoms with E-state index < -0.39 is 42.1 Å². The Morgan fingerprint density at radius 3 is 2.50 bits per heavy atom. The molecule has 0 radical (unpaired) electrons. The van der Waals surface area contributed by atoms with Crippen LogP contribution in [0.3, 0.4) is 0 Å². The first-order valence-electron chi connectivity index (χ1n) is 6.27. The summed E-state index contributed by atoms with van der Waals surface area (Å²) < 4.78 is 36.8. The van der Waals surface area contributed by atoms with Gasteiger partial charge in [0.1, 0.15) is 6.54 Å². The van der Waals surface area contributed by atoms with Gasteiger partial charge in [-0.05, 0) is 20.8 Å². The van der Waals surface area contributed by atoms with Crippen molar-refractivity contribution in [3.8, 4) is 0 Å². The molecule has 0 aliphatic carbocycles. The first kappa shape index (κ1) is 16.7. The third-order valence-corrected chi connectivity index (χ3v) is 3.45. The standard InChI is InChI=1S/C12H19F3N2O3/c1-7(18)11(2,3)16-10(20)8-4-9(19)17(5-8)6-12(13,14)15/h7-8,18H,4-6H2,1-3H3,(H,16,20). The lowest BCUT2D eigenvalue weighted by atomic mass is 9.97. The summed E-state index contributed by atoms with van der Waals surface area (Å²) in [4.78, 5) is 24.0. The second-order valence-electron chi connectivity index (χ2n) is 5.68. The summed E-state index contributed by atoms with van der Waals surface area (Å²) in [5.74, 6) is -2.02. The minimum atomic E-state index is -4.47. The van der Waals surface area contributed by atoms with Gasteiger partial charge in [0, 0.05) is 13.0 Å². The molecule has 0 spiro atoms. The lowest BCUT2D eigenvalue weighted by Gasteiger charge is -2.30. The van der Waals surface area contributed by atoms with E-state index in [0.29, 0.717) is 4.90 Å². The van der Waals surface area contributed by atoms with E-state index in [9.17, 15) is 27.9 Å². The van der Waals surface area contributed by atoms with Gasteiger partial charge in [0.15, 0.2) is 0 Å². The molecule has 0 aromatic carbocycles. The highest BCUT2D eigenvalue weighted by Gasteiger charge is 2.41. The number of rotatable bonds is 4. The van der Waals surface area contributed by atoms with Crippen LogP contribution in [0.5, 0.6) is 0 Å². The Morgan fingerprint density at radius 1 is 1.50 bits per heavy atom. The van der Waals surface area contributed by atoms with Gasteiger partial charge < -0.3 is 15.3 Å². The van der Waals surface area contributed by atoms with E-state index in [1.807, 2.05) is 0 Å². The fourth-order valence-corrected chi connectivity index (χ4v) is 1.84. The maximum Gasteiger partial charge on any atom is 0.406 e.